The minimum absolute atomic E-state index is 0.0838. The SMILES string of the molecule is C[C@H]1CC(=O)OC(c2ccccc2)=C1C(=O)c1ccccc1. The smallest absolute Gasteiger partial charge is 0.311 e. The molecule has 1 heterocycles. The predicted molar refractivity (Wildman–Crippen MR) is 84.0 cm³/mol. The minimum atomic E-state index is -0.295. The number of carbonyl (C=O) groups excluding carboxylic acids is 2. The summed E-state index contributed by atoms with van der Waals surface area (Å²) in [6.45, 7) is 1.89. The van der Waals surface area contributed by atoms with Gasteiger partial charge in [-0.2, -0.15) is 0 Å². The van der Waals surface area contributed by atoms with Crippen molar-refractivity contribution in [3.05, 3.63) is 77.4 Å². The highest BCUT2D eigenvalue weighted by Crippen LogP contribution is 2.34. The fraction of sp³-hybridized carbons (Fsp3) is 0.158. The molecule has 0 amide bonds. The van der Waals surface area contributed by atoms with Crippen LogP contribution in [0, 0.1) is 5.92 Å². The standard InChI is InChI=1S/C19H16O3/c1-13-12-16(20)22-19(15-10-6-3-7-11-15)17(13)18(21)14-8-4-2-5-9-14/h2-11,13H,12H2,1H3/t13-/m0/s1. The lowest BCUT2D eigenvalue weighted by molar-refractivity contribution is -0.138. The van der Waals surface area contributed by atoms with Gasteiger partial charge < -0.3 is 4.74 Å². The molecule has 0 saturated heterocycles. The Morgan fingerprint density at radius 1 is 1.00 bits per heavy atom. The van der Waals surface area contributed by atoms with Gasteiger partial charge in [0, 0.05) is 16.7 Å². The van der Waals surface area contributed by atoms with Crippen molar-refractivity contribution in [1.82, 2.24) is 0 Å². The summed E-state index contributed by atoms with van der Waals surface area (Å²) in [5.74, 6) is -0.155. The van der Waals surface area contributed by atoms with Gasteiger partial charge in [-0.05, 0) is 5.92 Å². The molecule has 0 unspecified atom stereocenters. The zero-order valence-electron chi connectivity index (χ0n) is 12.3. The number of esters is 1. The summed E-state index contributed by atoms with van der Waals surface area (Å²) in [6, 6.07) is 18.4. The average Bonchev–Trinajstić information content (AvgIpc) is 2.55. The van der Waals surface area contributed by atoms with Crippen molar-refractivity contribution in [1.29, 1.82) is 0 Å². The maximum atomic E-state index is 12.9. The first-order chi connectivity index (χ1) is 10.7. The quantitative estimate of drug-likeness (QED) is 0.637. The maximum absolute atomic E-state index is 12.9. The molecule has 1 atom stereocenters. The third kappa shape index (κ3) is 2.70. The minimum Gasteiger partial charge on any atom is -0.425 e. The van der Waals surface area contributed by atoms with Crippen LogP contribution in [-0.2, 0) is 9.53 Å². The number of Topliss-reactive ketones (excluding diaryl/α,β-unsaturated/α-hetero) is 1. The Labute approximate surface area is 129 Å². The Morgan fingerprint density at radius 3 is 2.23 bits per heavy atom. The maximum Gasteiger partial charge on any atom is 0.311 e. The van der Waals surface area contributed by atoms with Gasteiger partial charge in [0.05, 0.1) is 6.42 Å². The first-order valence-corrected chi connectivity index (χ1v) is 7.27. The number of benzene rings is 2. The topological polar surface area (TPSA) is 43.4 Å². The van der Waals surface area contributed by atoms with E-state index in [-0.39, 0.29) is 24.1 Å². The summed E-state index contributed by atoms with van der Waals surface area (Å²) in [4.78, 5) is 24.6. The second kappa shape index (κ2) is 5.98. The van der Waals surface area contributed by atoms with E-state index in [2.05, 4.69) is 0 Å². The summed E-state index contributed by atoms with van der Waals surface area (Å²) in [5, 5.41) is 0. The molecule has 22 heavy (non-hydrogen) atoms. The zero-order chi connectivity index (χ0) is 15.5. The van der Waals surface area contributed by atoms with Gasteiger partial charge in [0.15, 0.2) is 5.78 Å². The fourth-order valence-corrected chi connectivity index (χ4v) is 2.66. The van der Waals surface area contributed by atoms with Gasteiger partial charge in [-0.3, -0.25) is 9.59 Å². The van der Waals surface area contributed by atoms with Crippen LogP contribution in [0.2, 0.25) is 0 Å². The van der Waals surface area contributed by atoms with Crippen molar-refractivity contribution < 1.29 is 14.3 Å². The van der Waals surface area contributed by atoms with Crippen molar-refractivity contribution in [3.63, 3.8) is 0 Å². The van der Waals surface area contributed by atoms with Crippen molar-refractivity contribution in [3.8, 4) is 0 Å². The molecule has 110 valence electrons. The summed E-state index contributed by atoms with van der Waals surface area (Å²) < 4.78 is 5.42. The number of ether oxygens (including phenoxy) is 1. The van der Waals surface area contributed by atoms with Crippen LogP contribution in [0.3, 0.4) is 0 Å². The molecule has 0 bridgehead atoms. The van der Waals surface area contributed by atoms with Gasteiger partial charge in [0.1, 0.15) is 5.76 Å². The number of hydrogen-bond acceptors (Lipinski definition) is 3. The van der Waals surface area contributed by atoms with E-state index in [1.165, 1.54) is 0 Å². The fourth-order valence-electron chi connectivity index (χ4n) is 2.66. The molecule has 3 heteroatoms. The van der Waals surface area contributed by atoms with Gasteiger partial charge in [0.2, 0.25) is 0 Å². The normalized spacial score (nSPS) is 18.0. The van der Waals surface area contributed by atoms with E-state index < -0.39 is 0 Å². The second-order valence-electron chi connectivity index (χ2n) is 5.38. The number of rotatable bonds is 3. The number of hydrogen-bond donors (Lipinski definition) is 0. The number of allylic oxidation sites excluding steroid dienone is 1. The average molecular weight is 292 g/mol. The summed E-state index contributed by atoms with van der Waals surface area (Å²) in [5.41, 5.74) is 1.93. The molecule has 3 rings (SSSR count). The molecule has 0 aliphatic carbocycles. The van der Waals surface area contributed by atoms with Crippen LogP contribution in [0.1, 0.15) is 29.3 Å². The van der Waals surface area contributed by atoms with E-state index in [0.717, 1.165) is 5.56 Å². The van der Waals surface area contributed by atoms with Crippen LogP contribution in [0.25, 0.3) is 5.76 Å². The van der Waals surface area contributed by atoms with Crippen molar-refractivity contribution in [2.75, 3.05) is 0 Å². The van der Waals surface area contributed by atoms with Gasteiger partial charge in [-0.25, -0.2) is 0 Å². The van der Waals surface area contributed by atoms with E-state index in [0.29, 0.717) is 16.9 Å². The second-order valence-corrected chi connectivity index (χ2v) is 5.38. The molecular formula is C19H16O3. The van der Waals surface area contributed by atoms with E-state index >= 15 is 0 Å². The summed E-state index contributed by atoms with van der Waals surface area (Å²) >= 11 is 0. The molecule has 3 nitrogen and oxygen atoms in total. The third-order valence-corrected chi connectivity index (χ3v) is 3.74. The molecule has 2 aromatic carbocycles. The molecule has 2 aromatic rings. The third-order valence-electron chi connectivity index (χ3n) is 3.74. The number of cyclic esters (lactones) is 1. The lowest BCUT2D eigenvalue weighted by Crippen LogP contribution is -2.24. The molecule has 1 aliphatic heterocycles. The largest absolute Gasteiger partial charge is 0.425 e. The van der Waals surface area contributed by atoms with Gasteiger partial charge >= 0.3 is 5.97 Å². The lowest BCUT2D eigenvalue weighted by atomic mass is 9.86. The van der Waals surface area contributed by atoms with Crippen LogP contribution in [0.5, 0.6) is 0 Å². The molecule has 0 radical (unpaired) electrons. The van der Waals surface area contributed by atoms with E-state index in [1.54, 1.807) is 12.1 Å². The molecule has 0 aromatic heterocycles. The van der Waals surface area contributed by atoms with Crippen molar-refractivity contribution in [2.24, 2.45) is 5.92 Å². The van der Waals surface area contributed by atoms with Gasteiger partial charge in [0.25, 0.3) is 0 Å². The number of ketones is 1. The molecular weight excluding hydrogens is 276 g/mol. The highest BCUT2D eigenvalue weighted by molar-refractivity contribution is 6.14. The molecule has 1 aliphatic rings. The van der Waals surface area contributed by atoms with Gasteiger partial charge in [-0.1, -0.05) is 67.6 Å². The molecule has 0 fully saturated rings. The first kappa shape index (κ1) is 14.3. The Balaban J connectivity index is 2.13. The van der Waals surface area contributed by atoms with E-state index in [4.69, 9.17) is 4.74 Å². The van der Waals surface area contributed by atoms with Crippen LogP contribution in [0.15, 0.2) is 66.2 Å². The van der Waals surface area contributed by atoms with Crippen LogP contribution in [0.4, 0.5) is 0 Å². The summed E-state index contributed by atoms with van der Waals surface area (Å²) in [7, 11) is 0. The Morgan fingerprint density at radius 2 is 1.59 bits per heavy atom. The molecule has 0 N–H and O–H groups in total. The van der Waals surface area contributed by atoms with Crippen LogP contribution >= 0.6 is 0 Å². The van der Waals surface area contributed by atoms with Crippen molar-refractivity contribution >= 4 is 17.5 Å². The monoisotopic (exact) mass is 292 g/mol. The predicted octanol–water partition coefficient (Wildman–Crippen LogP) is 3.86. The van der Waals surface area contributed by atoms with Crippen LogP contribution in [-0.4, -0.2) is 11.8 Å². The number of carbonyl (C=O) groups is 2. The molecule has 0 saturated carbocycles. The summed E-state index contributed by atoms with van der Waals surface area (Å²) in [6.07, 6.45) is 0.226. The zero-order valence-corrected chi connectivity index (χ0v) is 12.3. The highest BCUT2D eigenvalue weighted by Gasteiger charge is 2.32. The van der Waals surface area contributed by atoms with E-state index in [9.17, 15) is 9.59 Å². The van der Waals surface area contributed by atoms with Gasteiger partial charge in [-0.15, -0.1) is 0 Å². The highest BCUT2D eigenvalue weighted by atomic mass is 16.5. The van der Waals surface area contributed by atoms with E-state index in [1.807, 2.05) is 55.5 Å². The Hall–Kier alpha value is -2.68. The van der Waals surface area contributed by atoms with Crippen LogP contribution < -0.4 is 0 Å². The van der Waals surface area contributed by atoms with Crippen molar-refractivity contribution in [2.45, 2.75) is 13.3 Å². The molecule has 0 spiro atoms. The lowest BCUT2D eigenvalue weighted by Gasteiger charge is -2.24. The Bertz CT molecular complexity index is 730. The first-order valence-electron chi connectivity index (χ1n) is 7.27. The Kier molecular flexibility index (Phi) is 3.88.